The average molecular weight is 168 g/mol. The molecule has 0 radical (unpaired) electrons. The minimum absolute atomic E-state index is 0.0480. The molecular weight excluding hydrogens is 156 g/mol. The molecule has 0 aliphatic heterocycles. The first-order chi connectivity index (χ1) is 5.48. The highest BCUT2D eigenvalue weighted by Gasteiger charge is 2.34. The van der Waals surface area contributed by atoms with Gasteiger partial charge in [0.15, 0.2) is 5.78 Å². The standard InChI is InChI=1S/C9H12O3/c1-9(2)7(10)4-6(12-3)5-8(9)11/h4-5,10H,1-3H3. The van der Waals surface area contributed by atoms with Crippen LogP contribution in [-0.2, 0) is 9.53 Å². The normalized spacial score (nSPS) is 21.4. The van der Waals surface area contributed by atoms with Crippen LogP contribution in [0.5, 0.6) is 0 Å². The van der Waals surface area contributed by atoms with Gasteiger partial charge in [-0.25, -0.2) is 0 Å². The second kappa shape index (κ2) is 2.66. The molecule has 0 heterocycles. The molecule has 3 nitrogen and oxygen atoms in total. The first kappa shape index (κ1) is 8.84. The van der Waals surface area contributed by atoms with Gasteiger partial charge >= 0.3 is 0 Å². The molecule has 0 spiro atoms. The maximum absolute atomic E-state index is 11.3. The lowest BCUT2D eigenvalue weighted by Gasteiger charge is -2.24. The van der Waals surface area contributed by atoms with E-state index in [0.29, 0.717) is 5.76 Å². The number of carbonyl (C=O) groups excluding carboxylic acids is 1. The number of aliphatic hydroxyl groups excluding tert-OH is 1. The fourth-order valence-corrected chi connectivity index (χ4v) is 0.911. The topological polar surface area (TPSA) is 46.5 Å². The smallest absolute Gasteiger partial charge is 0.172 e. The molecule has 0 bridgehead atoms. The molecule has 1 N–H and O–H groups in total. The highest BCUT2D eigenvalue weighted by molar-refractivity contribution is 5.98. The molecule has 0 aromatic rings. The van der Waals surface area contributed by atoms with Crippen molar-refractivity contribution in [3.8, 4) is 0 Å². The number of allylic oxidation sites excluding steroid dienone is 3. The molecule has 66 valence electrons. The summed E-state index contributed by atoms with van der Waals surface area (Å²) in [6.07, 6.45) is 2.85. The van der Waals surface area contributed by atoms with Crippen LogP contribution in [0.15, 0.2) is 23.7 Å². The summed E-state index contributed by atoms with van der Waals surface area (Å²) in [6.45, 7) is 3.34. The van der Waals surface area contributed by atoms with Crippen molar-refractivity contribution < 1.29 is 14.6 Å². The molecule has 0 amide bonds. The number of methoxy groups -OCH3 is 1. The minimum atomic E-state index is -0.804. The van der Waals surface area contributed by atoms with E-state index in [0.717, 1.165) is 0 Å². The zero-order chi connectivity index (χ0) is 9.35. The number of hydrogen-bond donors (Lipinski definition) is 1. The van der Waals surface area contributed by atoms with Crippen molar-refractivity contribution in [2.24, 2.45) is 5.41 Å². The van der Waals surface area contributed by atoms with Crippen LogP contribution in [0.4, 0.5) is 0 Å². The number of hydrogen-bond acceptors (Lipinski definition) is 3. The molecule has 1 aliphatic rings. The van der Waals surface area contributed by atoms with Gasteiger partial charge in [-0.05, 0) is 13.8 Å². The Labute approximate surface area is 71.3 Å². The zero-order valence-electron chi connectivity index (χ0n) is 7.42. The number of ether oxygens (including phenoxy) is 1. The Balaban J connectivity index is 3.05. The van der Waals surface area contributed by atoms with Crippen LogP contribution in [-0.4, -0.2) is 18.0 Å². The maximum atomic E-state index is 11.3. The predicted molar refractivity (Wildman–Crippen MR) is 44.6 cm³/mol. The Morgan fingerprint density at radius 3 is 2.42 bits per heavy atom. The van der Waals surface area contributed by atoms with Crippen LogP contribution < -0.4 is 0 Å². The van der Waals surface area contributed by atoms with E-state index in [4.69, 9.17) is 4.74 Å². The molecule has 3 heteroatoms. The van der Waals surface area contributed by atoms with E-state index in [-0.39, 0.29) is 11.5 Å². The van der Waals surface area contributed by atoms with E-state index < -0.39 is 5.41 Å². The monoisotopic (exact) mass is 168 g/mol. The van der Waals surface area contributed by atoms with Crippen LogP contribution in [0.25, 0.3) is 0 Å². The number of carbonyl (C=O) groups is 1. The summed E-state index contributed by atoms with van der Waals surface area (Å²) >= 11 is 0. The van der Waals surface area contributed by atoms with Crippen LogP contribution >= 0.6 is 0 Å². The molecule has 0 aromatic heterocycles. The first-order valence-electron chi connectivity index (χ1n) is 3.69. The Kier molecular flexibility index (Phi) is 1.96. The number of ketones is 1. The summed E-state index contributed by atoms with van der Waals surface area (Å²) in [5.74, 6) is 0.308. The van der Waals surface area contributed by atoms with Gasteiger partial charge in [-0.1, -0.05) is 0 Å². The van der Waals surface area contributed by atoms with Gasteiger partial charge in [-0.2, -0.15) is 0 Å². The molecule has 0 saturated heterocycles. The highest BCUT2D eigenvalue weighted by atomic mass is 16.5. The predicted octanol–water partition coefficient (Wildman–Crippen LogP) is 1.57. The molecule has 1 aliphatic carbocycles. The molecule has 12 heavy (non-hydrogen) atoms. The van der Waals surface area contributed by atoms with E-state index in [2.05, 4.69) is 0 Å². The fourth-order valence-electron chi connectivity index (χ4n) is 0.911. The first-order valence-corrected chi connectivity index (χ1v) is 3.69. The third-order valence-corrected chi connectivity index (χ3v) is 2.04. The second-order valence-corrected chi connectivity index (χ2v) is 3.27. The molecule has 0 saturated carbocycles. The van der Waals surface area contributed by atoms with Crippen molar-refractivity contribution in [1.29, 1.82) is 0 Å². The van der Waals surface area contributed by atoms with E-state index in [1.54, 1.807) is 13.8 Å². The van der Waals surface area contributed by atoms with E-state index in [9.17, 15) is 9.90 Å². The van der Waals surface area contributed by atoms with Crippen molar-refractivity contribution in [1.82, 2.24) is 0 Å². The van der Waals surface area contributed by atoms with Crippen LogP contribution in [0.1, 0.15) is 13.8 Å². The Bertz CT molecular complexity index is 271. The molecule has 1 rings (SSSR count). The van der Waals surface area contributed by atoms with Gasteiger partial charge in [0, 0.05) is 12.2 Å². The van der Waals surface area contributed by atoms with Gasteiger partial charge in [0.05, 0.1) is 12.5 Å². The fraction of sp³-hybridized carbons (Fsp3) is 0.444. The maximum Gasteiger partial charge on any atom is 0.172 e. The van der Waals surface area contributed by atoms with Gasteiger partial charge in [0.2, 0.25) is 0 Å². The third-order valence-electron chi connectivity index (χ3n) is 2.04. The van der Waals surface area contributed by atoms with E-state index >= 15 is 0 Å². The summed E-state index contributed by atoms with van der Waals surface area (Å²) in [4.78, 5) is 11.3. The van der Waals surface area contributed by atoms with E-state index in [1.807, 2.05) is 0 Å². The SMILES string of the molecule is COC1=CC(=O)C(C)(C)C(O)=C1. The van der Waals surface area contributed by atoms with Crippen molar-refractivity contribution in [2.45, 2.75) is 13.8 Å². The van der Waals surface area contributed by atoms with Crippen molar-refractivity contribution in [2.75, 3.05) is 7.11 Å². The van der Waals surface area contributed by atoms with Gasteiger partial charge in [0.25, 0.3) is 0 Å². The summed E-state index contributed by atoms with van der Waals surface area (Å²) in [7, 11) is 1.46. The molecular formula is C9H12O3. The molecule has 0 unspecified atom stereocenters. The lowest BCUT2D eigenvalue weighted by atomic mass is 9.82. The Morgan fingerprint density at radius 2 is 2.00 bits per heavy atom. The van der Waals surface area contributed by atoms with Gasteiger partial charge < -0.3 is 9.84 Å². The number of rotatable bonds is 1. The van der Waals surface area contributed by atoms with Gasteiger partial charge in [-0.3, -0.25) is 4.79 Å². The molecule has 0 atom stereocenters. The quantitative estimate of drug-likeness (QED) is 0.646. The van der Waals surface area contributed by atoms with Crippen LogP contribution in [0.3, 0.4) is 0 Å². The Morgan fingerprint density at radius 1 is 1.42 bits per heavy atom. The van der Waals surface area contributed by atoms with Crippen molar-refractivity contribution in [3.63, 3.8) is 0 Å². The summed E-state index contributed by atoms with van der Waals surface area (Å²) < 4.78 is 4.83. The largest absolute Gasteiger partial charge is 0.511 e. The summed E-state index contributed by atoms with van der Waals surface area (Å²) in [6, 6.07) is 0. The second-order valence-electron chi connectivity index (χ2n) is 3.27. The third kappa shape index (κ3) is 1.22. The van der Waals surface area contributed by atoms with Crippen LogP contribution in [0.2, 0.25) is 0 Å². The average Bonchev–Trinajstić information content (AvgIpc) is 2.00. The van der Waals surface area contributed by atoms with Gasteiger partial charge in [0.1, 0.15) is 11.5 Å². The lowest BCUT2D eigenvalue weighted by Crippen LogP contribution is -2.28. The van der Waals surface area contributed by atoms with E-state index in [1.165, 1.54) is 19.3 Å². The highest BCUT2D eigenvalue weighted by Crippen LogP contribution is 2.30. The zero-order valence-corrected chi connectivity index (χ0v) is 7.42. The number of aliphatic hydroxyl groups is 1. The lowest BCUT2D eigenvalue weighted by molar-refractivity contribution is -0.122. The summed E-state index contributed by atoms with van der Waals surface area (Å²) in [5.41, 5.74) is -0.804. The summed E-state index contributed by atoms with van der Waals surface area (Å²) in [5, 5.41) is 9.43. The Hall–Kier alpha value is -1.25. The van der Waals surface area contributed by atoms with Crippen LogP contribution in [0, 0.1) is 5.41 Å². The molecule has 0 aromatic carbocycles. The van der Waals surface area contributed by atoms with Gasteiger partial charge in [-0.15, -0.1) is 0 Å². The van der Waals surface area contributed by atoms with Crippen molar-refractivity contribution >= 4 is 5.78 Å². The molecule has 0 fully saturated rings. The van der Waals surface area contributed by atoms with Crippen molar-refractivity contribution in [3.05, 3.63) is 23.7 Å². The minimum Gasteiger partial charge on any atom is -0.511 e.